The molecule has 0 aromatic heterocycles. The summed E-state index contributed by atoms with van der Waals surface area (Å²) < 4.78 is 6.89. The van der Waals surface area contributed by atoms with Gasteiger partial charge in [0.25, 0.3) is 5.91 Å². The Labute approximate surface area is 136 Å². The highest BCUT2D eigenvalue weighted by molar-refractivity contribution is 7.65. The first-order valence-electron chi connectivity index (χ1n) is 7.24. The third kappa shape index (κ3) is 3.44. The molecule has 1 amide bonds. The molecule has 7 heteroatoms. The highest BCUT2D eigenvalue weighted by Gasteiger charge is 2.48. The van der Waals surface area contributed by atoms with Crippen molar-refractivity contribution in [3.63, 3.8) is 0 Å². The van der Waals surface area contributed by atoms with Crippen LogP contribution in [0, 0.1) is 0 Å². The van der Waals surface area contributed by atoms with Crippen molar-refractivity contribution in [3.05, 3.63) is 41.7 Å². The van der Waals surface area contributed by atoms with Crippen molar-refractivity contribution < 1.29 is 14.2 Å². The van der Waals surface area contributed by atoms with Crippen LogP contribution < -0.4 is 14.7 Å². The van der Waals surface area contributed by atoms with E-state index in [2.05, 4.69) is 5.09 Å². The van der Waals surface area contributed by atoms with Gasteiger partial charge < -0.3 is 9.42 Å². The van der Waals surface area contributed by atoms with Crippen LogP contribution in [0.1, 0.15) is 26.7 Å². The lowest BCUT2D eigenvalue weighted by atomic mass is 10.1. The summed E-state index contributed by atoms with van der Waals surface area (Å²) in [7, 11) is -3.48. The van der Waals surface area contributed by atoms with E-state index < -0.39 is 8.02 Å². The van der Waals surface area contributed by atoms with Gasteiger partial charge in [-0.1, -0.05) is 18.2 Å². The Kier molecular flexibility index (Phi) is 5.81. The Morgan fingerprint density at radius 2 is 2.05 bits per heavy atom. The normalized spacial score (nSPS) is 22.0. The van der Waals surface area contributed by atoms with Gasteiger partial charge in [0, 0.05) is 12.4 Å². The Morgan fingerprint density at radius 1 is 1.36 bits per heavy atom. The summed E-state index contributed by atoms with van der Waals surface area (Å²) in [4.78, 5) is 26.0. The first-order valence-corrected chi connectivity index (χ1v) is 9.35. The number of anilines is 1. The Bertz CT molecular complexity index is 567. The molecule has 1 aliphatic rings. The van der Waals surface area contributed by atoms with E-state index in [1.165, 1.54) is 4.67 Å². The number of halogens is 1. The molecular formula is C15H20ClN2O3P. The predicted octanol–water partition coefficient (Wildman–Crippen LogP) is 2.99. The highest BCUT2D eigenvalue weighted by atomic mass is 35.5. The van der Waals surface area contributed by atoms with Crippen molar-refractivity contribution in [1.82, 2.24) is 5.09 Å². The average molecular weight is 343 g/mol. The average Bonchev–Trinajstić information content (AvgIpc) is 2.48. The second-order valence-electron chi connectivity index (χ2n) is 4.90. The fourth-order valence-electron chi connectivity index (χ4n) is 2.35. The van der Waals surface area contributed by atoms with Gasteiger partial charge in [-0.25, -0.2) is 0 Å². The molecule has 0 saturated heterocycles. The smallest absolute Gasteiger partial charge is 0.330 e. The zero-order chi connectivity index (χ0) is 16.2. The Hall–Kier alpha value is -1.13. The molecule has 22 heavy (non-hydrogen) atoms. The van der Waals surface area contributed by atoms with Gasteiger partial charge in [0.05, 0.1) is 11.3 Å². The van der Waals surface area contributed by atoms with E-state index in [9.17, 15) is 9.69 Å². The summed E-state index contributed by atoms with van der Waals surface area (Å²) in [6, 6.07) is 8.91. The zero-order valence-corrected chi connectivity index (χ0v) is 14.4. The Morgan fingerprint density at radius 3 is 2.64 bits per heavy atom. The molecule has 0 bridgehead atoms. The summed E-state index contributed by atoms with van der Waals surface area (Å²) in [6.07, 6.45) is 1.17. The van der Waals surface area contributed by atoms with Crippen molar-refractivity contribution in [1.29, 1.82) is 0 Å². The van der Waals surface area contributed by atoms with Crippen LogP contribution in [-0.4, -0.2) is 18.3 Å². The molecule has 0 aliphatic carbocycles. The fourth-order valence-corrected chi connectivity index (χ4v) is 4.45. The van der Waals surface area contributed by atoms with E-state index >= 15 is 0 Å². The van der Waals surface area contributed by atoms with Gasteiger partial charge in [-0.3, -0.25) is 4.79 Å². The molecule has 1 aromatic carbocycles. The molecule has 5 nitrogen and oxygen atoms in total. The van der Waals surface area contributed by atoms with Crippen LogP contribution >= 0.6 is 19.6 Å². The first kappa shape index (κ1) is 17.2. The number of hydrogen-bond acceptors (Lipinski definition) is 4. The number of carbonyl (C=O) groups is 1. The summed E-state index contributed by atoms with van der Waals surface area (Å²) >= 11 is 5.72. The highest BCUT2D eigenvalue weighted by Crippen LogP contribution is 2.58. The Balaban J connectivity index is 2.44. The fraction of sp³-hybridized carbons (Fsp3) is 0.400. The standard InChI is InChI=1S/C15H20ClN2O3P/c1-3-17-22(20)18(13-8-5-4-6-9-13)15(19)14(10-7-11-16)12(2)21-22/h4-6,8-9H,3,7,10-11H2,1-2H3,(H,17,20). The maximum Gasteiger partial charge on any atom is 0.330 e. The molecule has 0 fully saturated rings. The van der Waals surface area contributed by atoms with Crippen LogP contribution in [0.5, 0.6) is 0 Å². The second-order valence-corrected chi connectivity index (χ2v) is 7.22. The lowest BCUT2D eigenvalue weighted by Gasteiger charge is -2.40. The minimum absolute atomic E-state index is 0.288. The molecule has 1 aromatic rings. The number of nitrogens with zero attached hydrogens (tertiary/aromatic N) is 1. The van der Waals surface area contributed by atoms with Gasteiger partial charge in [0.1, 0.15) is 0 Å². The van der Waals surface area contributed by atoms with Gasteiger partial charge in [0.2, 0.25) is 0 Å². The molecule has 1 N–H and O–H groups in total. The van der Waals surface area contributed by atoms with Gasteiger partial charge in [-0.05, 0) is 38.8 Å². The van der Waals surface area contributed by atoms with Crippen LogP contribution in [0.25, 0.3) is 0 Å². The summed E-state index contributed by atoms with van der Waals surface area (Å²) in [5.41, 5.74) is 1.07. The molecule has 1 atom stereocenters. The zero-order valence-electron chi connectivity index (χ0n) is 12.7. The third-order valence-electron chi connectivity index (χ3n) is 3.32. The van der Waals surface area contributed by atoms with Crippen molar-refractivity contribution in [2.75, 3.05) is 17.1 Å². The lowest BCUT2D eigenvalue weighted by molar-refractivity contribution is -0.195. The molecule has 0 spiro atoms. The molecular weight excluding hydrogens is 323 g/mol. The van der Waals surface area contributed by atoms with Gasteiger partial charge in [-0.15, -0.1) is 21.4 Å². The number of nitrogens with one attached hydrogen (secondary N) is 1. The molecule has 2 rings (SSSR count). The molecule has 0 saturated carbocycles. The van der Waals surface area contributed by atoms with Crippen molar-refractivity contribution in [2.45, 2.75) is 26.7 Å². The number of hydrogen-bond donors (Lipinski definition) is 1. The summed E-state index contributed by atoms with van der Waals surface area (Å²) in [5.74, 6) is 0.580. The van der Waals surface area contributed by atoms with Gasteiger partial charge in [-0.2, -0.15) is 0 Å². The first-order chi connectivity index (χ1) is 10.5. The number of allylic oxidation sites excluding steroid dienone is 1. The van der Waals surface area contributed by atoms with E-state index in [1.54, 1.807) is 31.2 Å². The largest absolute Gasteiger partial charge is 0.614 e. The summed E-state index contributed by atoms with van der Waals surface area (Å²) in [5, 5.41) is 2.83. The van der Waals surface area contributed by atoms with Gasteiger partial charge in [0.15, 0.2) is 5.76 Å². The van der Waals surface area contributed by atoms with Crippen molar-refractivity contribution >= 4 is 31.2 Å². The molecule has 1 aliphatic heterocycles. The molecule has 1 unspecified atom stereocenters. The number of benzene rings is 1. The second kappa shape index (κ2) is 7.42. The van der Waals surface area contributed by atoms with E-state index in [-0.39, 0.29) is 5.91 Å². The van der Waals surface area contributed by atoms with E-state index in [0.29, 0.717) is 42.3 Å². The number of para-hydroxylation sites is 1. The molecule has 120 valence electrons. The number of rotatable bonds is 6. The number of amides is 1. The maximum absolute atomic E-state index is 13.1. The van der Waals surface area contributed by atoms with E-state index in [1.807, 2.05) is 13.0 Å². The van der Waals surface area contributed by atoms with Gasteiger partial charge >= 0.3 is 8.02 Å². The molecule has 1 heterocycles. The van der Waals surface area contributed by atoms with Crippen LogP contribution in [0.15, 0.2) is 41.7 Å². The monoisotopic (exact) mass is 342 g/mol. The van der Waals surface area contributed by atoms with E-state index in [4.69, 9.17) is 16.1 Å². The van der Waals surface area contributed by atoms with E-state index in [0.717, 1.165) is 0 Å². The quantitative estimate of drug-likeness (QED) is 0.637. The van der Waals surface area contributed by atoms with Crippen LogP contribution in [-0.2, 0) is 9.32 Å². The SMILES string of the molecule is CCN[P+]1([O-])OC(C)=C(CCCCl)C(=O)N1c1ccccc1. The van der Waals surface area contributed by atoms with Crippen LogP contribution in [0.3, 0.4) is 0 Å². The van der Waals surface area contributed by atoms with Crippen LogP contribution in [0.4, 0.5) is 5.69 Å². The topological polar surface area (TPSA) is 64.6 Å². The van der Waals surface area contributed by atoms with Crippen molar-refractivity contribution in [2.24, 2.45) is 0 Å². The number of alkyl halides is 1. The molecule has 0 radical (unpaired) electrons. The minimum Gasteiger partial charge on any atom is -0.614 e. The van der Waals surface area contributed by atoms with Crippen molar-refractivity contribution in [3.8, 4) is 0 Å². The predicted molar refractivity (Wildman–Crippen MR) is 88.3 cm³/mol. The minimum atomic E-state index is -3.48. The maximum atomic E-state index is 13.1. The summed E-state index contributed by atoms with van der Waals surface area (Å²) in [6.45, 7) is 3.92. The lowest BCUT2D eigenvalue weighted by Crippen LogP contribution is -2.47. The number of carbonyl (C=O) groups excluding carboxylic acids is 1. The van der Waals surface area contributed by atoms with Crippen LogP contribution in [0.2, 0.25) is 0 Å². The third-order valence-corrected chi connectivity index (χ3v) is 5.76.